The summed E-state index contributed by atoms with van der Waals surface area (Å²) in [6.07, 6.45) is 1.81. The second-order valence-corrected chi connectivity index (χ2v) is 6.30. The van der Waals surface area contributed by atoms with Gasteiger partial charge in [-0.05, 0) is 32.9 Å². The van der Waals surface area contributed by atoms with Crippen LogP contribution in [0, 0.1) is 6.92 Å². The van der Waals surface area contributed by atoms with Crippen LogP contribution in [-0.2, 0) is 9.31 Å². The summed E-state index contributed by atoms with van der Waals surface area (Å²) in [5.41, 5.74) is 1.53. The highest BCUT2D eigenvalue weighted by Gasteiger charge is 2.43. The lowest BCUT2D eigenvalue weighted by Gasteiger charge is -2.15. The minimum atomic E-state index is -0.439. The van der Waals surface area contributed by atoms with Gasteiger partial charge in [-0.25, -0.2) is 0 Å². The molecule has 18 heavy (non-hydrogen) atoms. The largest absolute Gasteiger partial charge is 0.565 e. The number of thiophene rings is 1. The summed E-state index contributed by atoms with van der Waals surface area (Å²) in [4.78, 5) is 5.70. The van der Waals surface area contributed by atoms with E-state index in [0.29, 0.717) is 5.76 Å². The van der Waals surface area contributed by atoms with Crippen molar-refractivity contribution in [2.75, 3.05) is 0 Å². The molecule has 92 valence electrons. The highest BCUT2D eigenvalue weighted by atomic mass is 32.1. The first kappa shape index (κ1) is 11.7. The van der Waals surface area contributed by atoms with Gasteiger partial charge in [0, 0.05) is 16.5 Å². The molecule has 0 atom stereocenters. The number of rotatable bonds is 1. The van der Waals surface area contributed by atoms with Crippen LogP contribution in [0.3, 0.4) is 0 Å². The minimum absolute atomic E-state index is 0.396. The number of aryl methyl sites for hydroxylation is 1. The second-order valence-electron chi connectivity index (χ2n) is 5.01. The SMILES string of the molecule is C=C1OB(c2cnc3cc(C)sc3c2)OC1(C)C. The molecule has 2 aromatic rings. The van der Waals surface area contributed by atoms with Crippen LogP contribution in [0.1, 0.15) is 18.7 Å². The van der Waals surface area contributed by atoms with Crippen molar-refractivity contribution in [3.8, 4) is 0 Å². The summed E-state index contributed by atoms with van der Waals surface area (Å²) < 4.78 is 12.7. The molecule has 0 aromatic carbocycles. The van der Waals surface area contributed by atoms with E-state index in [9.17, 15) is 0 Å². The minimum Gasteiger partial charge on any atom is -0.534 e. The Morgan fingerprint density at radius 3 is 2.83 bits per heavy atom. The molecule has 1 aliphatic heterocycles. The summed E-state index contributed by atoms with van der Waals surface area (Å²) >= 11 is 1.73. The molecular weight excluding hydrogens is 245 g/mol. The van der Waals surface area contributed by atoms with Gasteiger partial charge >= 0.3 is 7.12 Å². The maximum atomic E-state index is 5.85. The van der Waals surface area contributed by atoms with Gasteiger partial charge in [-0.3, -0.25) is 4.98 Å². The summed E-state index contributed by atoms with van der Waals surface area (Å²) in [5, 5.41) is 0. The quantitative estimate of drug-likeness (QED) is 0.738. The number of hydrogen-bond donors (Lipinski definition) is 0. The molecule has 2 aromatic heterocycles. The summed E-state index contributed by atoms with van der Waals surface area (Å²) in [6, 6.07) is 4.17. The van der Waals surface area contributed by atoms with Gasteiger partial charge in [-0.1, -0.05) is 6.58 Å². The molecular formula is C13H14BNO2S. The third-order valence-electron chi connectivity index (χ3n) is 3.11. The van der Waals surface area contributed by atoms with Crippen LogP contribution in [0.2, 0.25) is 0 Å². The van der Waals surface area contributed by atoms with Gasteiger partial charge in [-0.2, -0.15) is 0 Å². The standard InChI is InChI=1S/C13H14BNO2S/c1-8-5-11-12(18-8)6-10(7-15-11)14-16-9(2)13(3,4)17-14/h5-7H,2H2,1,3-4H3. The zero-order valence-corrected chi connectivity index (χ0v) is 11.5. The van der Waals surface area contributed by atoms with Crippen LogP contribution in [0.15, 0.2) is 30.7 Å². The van der Waals surface area contributed by atoms with Gasteiger partial charge in [0.1, 0.15) is 5.60 Å². The topological polar surface area (TPSA) is 31.4 Å². The average molecular weight is 259 g/mol. The Bertz CT molecular complexity index is 635. The molecule has 1 saturated heterocycles. The van der Waals surface area contributed by atoms with Crippen LogP contribution in [0.5, 0.6) is 0 Å². The number of pyridine rings is 1. The van der Waals surface area contributed by atoms with Crippen molar-refractivity contribution >= 4 is 34.1 Å². The lowest BCUT2D eigenvalue weighted by atomic mass is 9.80. The number of hydrogen-bond acceptors (Lipinski definition) is 4. The van der Waals surface area contributed by atoms with Crippen molar-refractivity contribution in [2.24, 2.45) is 0 Å². The smallest absolute Gasteiger partial charge is 0.534 e. The molecule has 3 heterocycles. The Labute approximate surface area is 111 Å². The zero-order valence-electron chi connectivity index (χ0n) is 10.7. The highest BCUT2D eigenvalue weighted by Crippen LogP contribution is 2.30. The molecule has 3 rings (SSSR count). The fraction of sp³-hybridized carbons (Fsp3) is 0.308. The van der Waals surface area contributed by atoms with Gasteiger partial charge < -0.3 is 9.31 Å². The normalized spacial score (nSPS) is 18.4. The predicted molar refractivity (Wildman–Crippen MR) is 75.1 cm³/mol. The predicted octanol–water partition coefficient (Wildman–Crippen LogP) is 2.64. The van der Waals surface area contributed by atoms with Crippen molar-refractivity contribution in [3.05, 3.63) is 35.5 Å². The van der Waals surface area contributed by atoms with Gasteiger partial charge in [0.15, 0.2) is 0 Å². The van der Waals surface area contributed by atoms with E-state index in [2.05, 4.69) is 30.6 Å². The van der Waals surface area contributed by atoms with Crippen molar-refractivity contribution < 1.29 is 9.31 Å². The van der Waals surface area contributed by atoms with E-state index >= 15 is 0 Å². The van der Waals surface area contributed by atoms with Crippen molar-refractivity contribution in [2.45, 2.75) is 26.4 Å². The first-order valence-electron chi connectivity index (χ1n) is 5.86. The molecule has 0 aliphatic carbocycles. The van der Waals surface area contributed by atoms with E-state index in [1.807, 2.05) is 20.0 Å². The molecule has 0 radical (unpaired) electrons. The molecule has 0 spiro atoms. The molecule has 0 saturated carbocycles. The molecule has 0 unspecified atom stereocenters. The number of aromatic nitrogens is 1. The Morgan fingerprint density at radius 2 is 2.17 bits per heavy atom. The lowest BCUT2D eigenvalue weighted by Crippen LogP contribution is -2.34. The maximum Gasteiger partial charge on any atom is 0.565 e. The summed E-state index contributed by atoms with van der Waals surface area (Å²) in [6.45, 7) is 9.88. The van der Waals surface area contributed by atoms with Gasteiger partial charge in [0.25, 0.3) is 0 Å². The maximum absolute atomic E-state index is 5.85. The molecule has 1 aliphatic rings. The van der Waals surface area contributed by atoms with E-state index in [-0.39, 0.29) is 0 Å². The van der Waals surface area contributed by atoms with E-state index in [1.165, 1.54) is 4.88 Å². The van der Waals surface area contributed by atoms with Crippen molar-refractivity contribution in [3.63, 3.8) is 0 Å². The lowest BCUT2D eigenvalue weighted by molar-refractivity contribution is 0.173. The van der Waals surface area contributed by atoms with Crippen LogP contribution < -0.4 is 5.46 Å². The monoisotopic (exact) mass is 259 g/mol. The Kier molecular flexibility index (Phi) is 2.50. The fourth-order valence-electron chi connectivity index (χ4n) is 1.95. The average Bonchev–Trinajstić information content (AvgIpc) is 2.77. The third kappa shape index (κ3) is 1.83. The van der Waals surface area contributed by atoms with E-state index < -0.39 is 12.7 Å². The van der Waals surface area contributed by atoms with Crippen molar-refractivity contribution in [1.82, 2.24) is 4.98 Å². The van der Waals surface area contributed by atoms with Crippen LogP contribution in [-0.4, -0.2) is 17.7 Å². The van der Waals surface area contributed by atoms with Crippen LogP contribution in [0.25, 0.3) is 10.2 Å². The number of nitrogens with zero attached hydrogens (tertiary/aromatic N) is 1. The zero-order chi connectivity index (χ0) is 12.9. The number of fused-ring (bicyclic) bond motifs is 1. The van der Waals surface area contributed by atoms with Crippen LogP contribution in [0.4, 0.5) is 0 Å². The second kappa shape index (κ2) is 3.83. The van der Waals surface area contributed by atoms with Gasteiger partial charge in [-0.15, -0.1) is 11.3 Å². The van der Waals surface area contributed by atoms with Gasteiger partial charge in [0.2, 0.25) is 0 Å². The molecule has 5 heteroatoms. The molecule has 1 fully saturated rings. The molecule has 0 bridgehead atoms. The molecule has 3 nitrogen and oxygen atoms in total. The Hall–Kier alpha value is -1.33. The molecule has 0 N–H and O–H groups in total. The van der Waals surface area contributed by atoms with Crippen LogP contribution >= 0.6 is 11.3 Å². The van der Waals surface area contributed by atoms with Gasteiger partial charge in [0.05, 0.1) is 16.0 Å². The molecule has 0 amide bonds. The van der Waals surface area contributed by atoms with E-state index in [1.54, 1.807) is 11.3 Å². The van der Waals surface area contributed by atoms with Crippen molar-refractivity contribution in [1.29, 1.82) is 0 Å². The first-order valence-corrected chi connectivity index (χ1v) is 6.67. The van der Waals surface area contributed by atoms with E-state index in [0.717, 1.165) is 15.7 Å². The third-order valence-corrected chi connectivity index (χ3v) is 4.10. The first-order chi connectivity index (χ1) is 8.45. The Balaban J connectivity index is 1.98. The highest BCUT2D eigenvalue weighted by molar-refractivity contribution is 7.19. The Morgan fingerprint density at radius 1 is 1.39 bits per heavy atom. The summed E-state index contributed by atoms with van der Waals surface area (Å²) in [7, 11) is -0.396. The fourth-order valence-corrected chi connectivity index (χ4v) is 2.88. The van der Waals surface area contributed by atoms with E-state index in [4.69, 9.17) is 9.31 Å². The summed E-state index contributed by atoms with van der Waals surface area (Å²) in [5.74, 6) is 0.662.